The maximum atomic E-state index is 13.7. The predicted molar refractivity (Wildman–Crippen MR) is 99.8 cm³/mol. The summed E-state index contributed by atoms with van der Waals surface area (Å²) in [5.74, 6) is -0.388. The van der Waals surface area contributed by atoms with Crippen molar-refractivity contribution in [2.75, 3.05) is 19.8 Å². The van der Waals surface area contributed by atoms with Crippen molar-refractivity contribution in [2.45, 2.75) is 25.4 Å². The van der Waals surface area contributed by atoms with Crippen LogP contribution in [-0.2, 0) is 9.53 Å². The summed E-state index contributed by atoms with van der Waals surface area (Å²) in [6, 6.07) is 11.7. The third-order valence-electron chi connectivity index (χ3n) is 4.47. The molecule has 0 aromatic heterocycles. The fraction of sp³-hybridized carbons (Fsp3) is 0.350. The van der Waals surface area contributed by atoms with Gasteiger partial charge in [-0.3, -0.25) is 4.79 Å². The lowest BCUT2D eigenvalue weighted by atomic mass is 9.96. The van der Waals surface area contributed by atoms with Gasteiger partial charge in [0.2, 0.25) is 5.91 Å². The lowest BCUT2D eigenvalue weighted by Crippen LogP contribution is -2.44. The number of benzene rings is 2. The molecule has 2 atom stereocenters. The van der Waals surface area contributed by atoms with E-state index in [2.05, 4.69) is 10.6 Å². The van der Waals surface area contributed by atoms with Crippen LogP contribution in [0.4, 0.5) is 4.39 Å². The Kier molecular flexibility index (Phi) is 6.25. The van der Waals surface area contributed by atoms with Crippen molar-refractivity contribution >= 4 is 17.5 Å². The molecule has 1 fully saturated rings. The number of hydrogen-bond donors (Lipinski definition) is 2. The Morgan fingerprint density at radius 2 is 2.19 bits per heavy atom. The van der Waals surface area contributed by atoms with Gasteiger partial charge in [-0.15, -0.1) is 0 Å². The van der Waals surface area contributed by atoms with E-state index in [0.29, 0.717) is 30.2 Å². The van der Waals surface area contributed by atoms with Crippen LogP contribution < -0.4 is 10.6 Å². The molecular formula is C20H22ClFN2O2. The number of carbonyl (C=O) groups excluding carboxylic acids is 1. The summed E-state index contributed by atoms with van der Waals surface area (Å²) in [6.07, 6.45) is 0.307. The van der Waals surface area contributed by atoms with Gasteiger partial charge < -0.3 is 15.4 Å². The van der Waals surface area contributed by atoms with E-state index in [0.717, 1.165) is 17.7 Å². The smallest absolute Gasteiger partial charge is 0.222 e. The van der Waals surface area contributed by atoms with Gasteiger partial charge in [-0.25, -0.2) is 4.39 Å². The normalized spacial score (nSPS) is 18.3. The fourth-order valence-electron chi connectivity index (χ4n) is 3.09. The fourth-order valence-corrected chi connectivity index (χ4v) is 3.34. The molecule has 6 heteroatoms. The molecule has 1 saturated heterocycles. The molecule has 138 valence electrons. The van der Waals surface area contributed by atoms with Crippen LogP contribution in [-0.4, -0.2) is 31.7 Å². The molecule has 0 spiro atoms. The van der Waals surface area contributed by atoms with Crippen LogP contribution in [0.15, 0.2) is 42.5 Å². The quantitative estimate of drug-likeness (QED) is 0.841. The van der Waals surface area contributed by atoms with Crippen LogP contribution in [0.1, 0.15) is 29.2 Å². The number of hydrogen-bond acceptors (Lipinski definition) is 3. The molecule has 1 amide bonds. The van der Waals surface area contributed by atoms with Gasteiger partial charge >= 0.3 is 0 Å². The topological polar surface area (TPSA) is 50.4 Å². The van der Waals surface area contributed by atoms with E-state index < -0.39 is 6.04 Å². The van der Waals surface area contributed by atoms with E-state index in [1.54, 1.807) is 25.1 Å². The third-order valence-corrected chi connectivity index (χ3v) is 4.81. The van der Waals surface area contributed by atoms with Crippen LogP contribution in [0, 0.1) is 12.7 Å². The molecule has 4 nitrogen and oxygen atoms in total. The Morgan fingerprint density at radius 3 is 2.88 bits per heavy atom. The first-order valence-electron chi connectivity index (χ1n) is 8.65. The molecule has 0 saturated carbocycles. The zero-order valence-corrected chi connectivity index (χ0v) is 15.4. The number of morpholine rings is 1. The summed E-state index contributed by atoms with van der Waals surface area (Å²) < 4.78 is 19.1. The molecule has 2 aromatic carbocycles. The Hall–Kier alpha value is -1.95. The van der Waals surface area contributed by atoms with Gasteiger partial charge in [0.05, 0.1) is 19.3 Å². The summed E-state index contributed by atoms with van der Waals surface area (Å²) >= 11 is 6.36. The van der Waals surface area contributed by atoms with Crippen molar-refractivity contribution in [1.29, 1.82) is 0 Å². The van der Waals surface area contributed by atoms with Gasteiger partial charge in [-0.1, -0.05) is 41.9 Å². The third kappa shape index (κ3) is 4.61. The predicted octanol–water partition coefficient (Wildman–Crippen LogP) is 3.37. The molecule has 1 aliphatic heterocycles. The lowest BCUT2D eigenvalue weighted by Gasteiger charge is -2.26. The molecule has 0 aliphatic carbocycles. The second kappa shape index (κ2) is 8.62. The lowest BCUT2D eigenvalue weighted by molar-refractivity contribution is -0.122. The number of carbonyl (C=O) groups is 1. The summed E-state index contributed by atoms with van der Waals surface area (Å²) in [5.41, 5.74) is 2.09. The number of nitrogens with one attached hydrogen (secondary N) is 2. The average molecular weight is 377 g/mol. The van der Waals surface area contributed by atoms with Gasteiger partial charge in [0.1, 0.15) is 5.82 Å². The first-order chi connectivity index (χ1) is 12.5. The number of ether oxygens (including phenoxy) is 1. The summed E-state index contributed by atoms with van der Waals surface area (Å²) in [6.45, 7) is 3.62. The average Bonchev–Trinajstić information content (AvgIpc) is 2.64. The number of rotatable bonds is 5. The highest BCUT2D eigenvalue weighted by atomic mass is 35.5. The minimum atomic E-state index is -0.444. The van der Waals surface area contributed by atoms with E-state index >= 15 is 0 Å². The monoisotopic (exact) mass is 376 g/mol. The summed E-state index contributed by atoms with van der Waals surface area (Å²) in [5, 5.41) is 6.87. The maximum absolute atomic E-state index is 13.7. The number of aryl methyl sites for hydroxylation is 1. The van der Waals surface area contributed by atoms with E-state index in [9.17, 15) is 9.18 Å². The second-order valence-electron chi connectivity index (χ2n) is 6.46. The molecule has 26 heavy (non-hydrogen) atoms. The zero-order valence-electron chi connectivity index (χ0n) is 14.6. The van der Waals surface area contributed by atoms with Crippen molar-refractivity contribution in [3.63, 3.8) is 0 Å². The Morgan fingerprint density at radius 1 is 1.38 bits per heavy atom. The van der Waals surface area contributed by atoms with E-state index in [1.165, 1.54) is 6.07 Å². The van der Waals surface area contributed by atoms with Crippen molar-refractivity contribution in [1.82, 2.24) is 10.6 Å². The SMILES string of the molecule is Cc1cc(C(NC(=O)CC2COCCN2)c2ccccc2Cl)ccc1F. The van der Waals surface area contributed by atoms with E-state index in [-0.39, 0.29) is 17.8 Å². The minimum absolute atomic E-state index is 0.00870. The van der Waals surface area contributed by atoms with Crippen molar-refractivity contribution in [2.24, 2.45) is 0 Å². The summed E-state index contributed by atoms with van der Waals surface area (Å²) in [4.78, 5) is 12.6. The molecule has 3 rings (SSSR count). The van der Waals surface area contributed by atoms with Gasteiger partial charge in [-0.05, 0) is 35.7 Å². The second-order valence-corrected chi connectivity index (χ2v) is 6.87. The highest BCUT2D eigenvalue weighted by Crippen LogP contribution is 2.29. The van der Waals surface area contributed by atoms with Crippen LogP contribution >= 0.6 is 11.6 Å². The number of halogens is 2. The minimum Gasteiger partial charge on any atom is -0.378 e. The molecule has 1 aliphatic rings. The first-order valence-corrected chi connectivity index (χ1v) is 9.03. The van der Waals surface area contributed by atoms with Gasteiger partial charge in [0, 0.05) is 24.0 Å². The van der Waals surface area contributed by atoms with Crippen LogP contribution in [0.5, 0.6) is 0 Å². The van der Waals surface area contributed by atoms with Crippen LogP contribution in [0.2, 0.25) is 5.02 Å². The van der Waals surface area contributed by atoms with E-state index in [4.69, 9.17) is 16.3 Å². The van der Waals surface area contributed by atoms with Crippen molar-refractivity contribution in [3.05, 3.63) is 70.0 Å². The molecule has 2 unspecified atom stereocenters. The molecule has 0 bridgehead atoms. The van der Waals surface area contributed by atoms with Gasteiger partial charge in [0.25, 0.3) is 0 Å². The Labute approximate surface area is 157 Å². The van der Waals surface area contributed by atoms with Crippen LogP contribution in [0.3, 0.4) is 0 Å². The molecule has 2 N–H and O–H groups in total. The molecule has 0 radical (unpaired) electrons. The highest BCUT2D eigenvalue weighted by molar-refractivity contribution is 6.31. The zero-order chi connectivity index (χ0) is 18.5. The van der Waals surface area contributed by atoms with E-state index in [1.807, 2.05) is 18.2 Å². The Balaban J connectivity index is 1.84. The van der Waals surface area contributed by atoms with Crippen LogP contribution in [0.25, 0.3) is 0 Å². The molecular weight excluding hydrogens is 355 g/mol. The highest BCUT2D eigenvalue weighted by Gasteiger charge is 2.23. The largest absolute Gasteiger partial charge is 0.378 e. The first kappa shape index (κ1) is 18.8. The summed E-state index contributed by atoms with van der Waals surface area (Å²) in [7, 11) is 0. The maximum Gasteiger partial charge on any atom is 0.222 e. The molecule has 1 heterocycles. The number of amides is 1. The van der Waals surface area contributed by atoms with Gasteiger partial charge in [0.15, 0.2) is 0 Å². The molecule has 2 aromatic rings. The van der Waals surface area contributed by atoms with Crippen molar-refractivity contribution < 1.29 is 13.9 Å². The van der Waals surface area contributed by atoms with Gasteiger partial charge in [-0.2, -0.15) is 0 Å². The standard InChI is InChI=1S/C20H22ClFN2O2/c1-13-10-14(6-7-18(13)22)20(16-4-2-3-5-17(16)21)24-19(25)11-15-12-26-9-8-23-15/h2-7,10,15,20,23H,8-9,11-12H2,1H3,(H,24,25). The Bertz CT molecular complexity index is 778. The van der Waals surface area contributed by atoms with Crippen molar-refractivity contribution in [3.8, 4) is 0 Å².